The van der Waals surface area contributed by atoms with E-state index in [-0.39, 0.29) is 13.0 Å². The average Bonchev–Trinajstić information content (AvgIpc) is 2.91. The zero-order chi connectivity index (χ0) is 25.2. The minimum Gasteiger partial charge on any atom is -0.405 e. The molecule has 3 amide bonds. The topological polar surface area (TPSA) is 285 Å². The van der Waals surface area contributed by atoms with Gasteiger partial charge in [-0.25, -0.2) is 18.5 Å². The summed E-state index contributed by atoms with van der Waals surface area (Å²) < 4.78 is 50.5. The first-order valence-corrected chi connectivity index (χ1v) is 13.4. The zero-order valence-electron chi connectivity index (χ0n) is 16.4. The number of urea groups is 1. The second kappa shape index (κ2) is 10.6. The van der Waals surface area contributed by atoms with E-state index in [0.717, 1.165) is 4.90 Å². The first-order chi connectivity index (χ1) is 15.1. The molecule has 0 spiro atoms. The van der Waals surface area contributed by atoms with Crippen LogP contribution < -0.4 is 11.1 Å². The molecule has 2 aliphatic heterocycles. The van der Waals surface area contributed by atoms with Gasteiger partial charge in [-0.2, -0.15) is 8.62 Å². The van der Waals surface area contributed by atoms with E-state index in [9.17, 15) is 38.4 Å². The molecule has 9 N–H and O–H groups in total. The molecule has 0 radical (unpaired) electrons. The molecule has 2 saturated heterocycles. The van der Waals surface area contributed by atoms with Gasteiger partial charge in [0, 0.05) is 6.54 Å². The second-order valence-electron chi connectivity index (χ2n) is 6.74. The van der Waals surface area contributed by atoms with Crippen LogP contribution >= 0.6 is 23.5 Å². The van der Waals surface area contributed by atoms with E-state index in [2.05, 4.69) is 13.1 Å². The summed E-state index contributed by atoms with van der Waals surface area (Å²) in [5.41, 5.74) is 5.23. The van der Waals surface area contributed by atoms with Crippen LogP contribution in [0.2, 0.25) is 0 Å². The van der Waals surface area contributed by atoms with Crippen molar-refractivity contribution >= 4 is 35.4 Å². The molecular weight excluding hydrogens is 519 g/mol. The molecule has 190 valence electrons. The number of carbonyl (C=O) groups excluding carboxylic acids is 2. The number of hydrogen-bond acceptors (Lipinski definition) is 12. The zero-order valence-corrected chi connectivity index (χ0v) is 19.1. The van der Waals surface area contributed by atoms with Gasteiger partial charge >= 0.3 is 29.5 Å². The maximum Gasteiger partial charge on any atom is 0.490 e. The number of aliphatic hydroxyl groups is 2. The summed E-state index contributed by atoms with van der Waals surface area (Å²) in [4.78, 5) is 60.5. The summed E-state index contributed by atoms with van der Waals surface area (Å²) in [6, 6.07) is -0.947. The SMILES string of the molecule is N/C=C/CC1CN([C@@H]2O[C@H](COP(=O)(O)OP(=O)(O)OP(=O)(O)O)[C@@H](O)[C@H]2O)C(=O)NC1=O. The summed E-state index contributed by atoms with van der Waals surface area (Å²) in [7, 11) is -16.8. The molecule has 2 heterocycles. The number of imide groups is 1. The fourth-order valence-corrected chi connectivity index (χ4v) is 5.95. The van der Waals surface area contributed by atoms with Crippen molar-refractivity contribution in [2.45, 2.75) is 31.0 Å². The van der Waals surface area contributed by atoms with Crippen molar-refractivity contribution in [1.29, 1.82) is 0 Å². The third kappa shape index (κ3) is 7.90. The summed E-state index contributed by atoms with van der Waals surface area (Å²) in [6.45, 7) is -1.28. The maximum atomic E-state index is 12.2. The lowest BCUT2D eigenvalue weighted by Gasteiger charge is -2.36. The smallest absolute Gasteiger partial charge is 0.405 e. The Morgan fingerprint density at radius 3 is 2.30 bits per heavy atom. The summed E-state index contributed by atoms with van der Waals surface area (Å²) in [5, 5.41) is 22.4. The molecule has 18 nitrogen and oxygen atoms in total. The number of nitrogens with two attached hydrogens (primary N) is 1. The van der Waals surface area contributed by atoms with Crippen LogP contribution in [0.1, 0.15) is 6.42 Å². The molecule has 2 aliphatic rings. The fourth-order valence-electron chi connectivity index (χ4n) is 2.92. The summed E-state index contributed by atoms with van der Waals surface area (Å²) in [6.07, 6.45) is -3.86. The Morgan fingerprint density at radius 1 is 1.09 bits per heavy atom. The highest BCUT2D eigenvalue weighted by atomic mass is 31.3. The molecule has 3 unspecified atom stereocenters. The number of carbonyl (C=O) groups is 2. The number of hydrogen-bond donors (Lipinski definition) is 8. The van der Waals surface area contributed by atoms with Crippen molar-refractivity contribution in [1.82, 2.24) is 10.2 Å². The number of phosphoric ester groups is 1. The van der Waals surface area contributed by atoms with Gasteiger partial charge in [-0.3, -0.25) is 19.5 Å². The Bertz CT molecular complexity index is 923. The van der Waals surface area contributed by atoms with E-state index in [1.807, 2.05) is 5.32 Å². The number of rotatable bonds is 10. The summed E-state index contributed by atoms with van der Waals surface area (Å²) in [5.74, 6) is -1.36. The van der Waals surface area contributed by atoms with E-state index in [4.69, 9.17) is 25.2 Å². The van der Waals surface area contributed by atoms with Crippen LogP contribution in [0.15, 0.2) is 12.3 Å². The Kier molecular flexibility index (Phi) is 8.98. The first kappa shape index (κ1) is 28.0. The predicted octanol–water partition coefficient (Wildman–Crippen LogP) is -2.19. The molecule has 33 heavy (non-hydrogen) atoms. The third-order valence-electron chi connectivity index (χ3n) is 4.30. The standard InChI is InChI=1S/C12H22N3O15P3/c13-3-1-2-6-4-15(12(19)14-10(6)18)11-9(17)8(16)7(28-11)5-27-32(23,24)30-33(25,26)29-31(20,21)22/h1,3,6-9,11,16-17H,2,4-5,13H2,(H,23,24)(H,25,26)(H,14,18,19)(H2,20,21,22)/b3-1+/t6?,7-,8-,9-,11-/m1/s1. The number of nitrogens with one attached hydrogen (secondary N) is 1. The maximum absolute atomic E-state index is 12.2. The van der Waals surface area contributed by atoms with E-state index >= 15 is 0 Å². The Hall–Kier alpha value is -1.23. The average molecular weight is 541 g/mol. The van der Waals surface area contributed by atoms with Crippen LogP contribution in [0.5, 0.6) is 0 Å². The van der Waals surface area contributed by atoms with Crippen LogP contribution in [0.25, 0.3) is 0 Å². The van der Waals surface area contributed by atoms with Gasteiger partial charge in [0.1, 0.15) is 18.3 Å². The molecule has 0 aromatic heterocycles. The number of allylic oxidation sites excluding steroid dienone is 1. The largest absolute Gasteiger partial charge is 0.490 e. The van der Waals surface area contributed by atoms with Crippen LogP contribution in [-0.2, 0) is 36.4 Å². The molecule has 0 aromatic rings. The lowest BCUT2D eigenvalue weighted by Crippen LogP contribution is -2.60. The van der Waals surface area contributed by atoms with Gasteiger partial charge < -0.3 is 40.3 Å². The normalized spacial score (nSPS) is 32.5. The highest BCUT2D eigenvalue weighted by Crippen LogP contribution is 2.66. The van der Waals surface area contributed by atoms with Crippen molar-refractivity contribution in [3.05, 3.63) is 12.3 Å². The quantitative estimate of drug-likeness (QED) is 0.136. The van der Waals surface area contributed by atoms with Crippen molar-refractivity contribution in [2.24, 2.45) is 11.7 Å². The van der Waals surface area contributed by atoms with Crippen LogP contribution in [0, 0.1) is 5.92 Å². The van der Waals surface area contributed by atoms with Gasteiger partial charge in [0.15, 0.2) is 6.23 Å². The molecule has 7 atom stereocenters. The Balaban J connectivity index is 2.03. The number of phosphoric acid groups is 3. The van der Waals surface area contributed by atoms with Crippen molar-refractivity contribution in [3.8, 4) is 0 Å². The molecular formula is C12H22N3O15P3. The number of nitrogens with zero attached hydrogens (tertiary/aromatic N) is 1. The van der Waals surface area contributed by atoms with Crippen molar-refractivity contribution in [3.63, 3.8) is 0 Å². The Labute approximate surface area is 185 Å². The molecule has 0 aromatic carbocycles. The number of amides is 3. The van der Waals surface area contributed by atoms with Crippen LogP contribution in [0.4, 0.5) is 4.79 Å². The Morgan fingerprint density at radius 2 is 1.73 bits per heavy atom. The van der Waals surface area contributed by atoms with E-state index in [1.54, 1.807) is 0 Å². The fraction of sp³-hybridized carbons (Fsp3) is 0.667. The van der Waals surface area contributed by atoms with Gasteiger partial charge in [-0.15, -0.1) is 0 Å². The molecule has 2 rings (SSSR count). The molecule has 21 heteroatoms. The summed E-state index contributed by atoms with van der Waals surface area (Å²) >= 11 is 0. The van der Waals surface area contributed by atoms with Gasteiger partial charge in [0.05, 0.1) is 12.5 Å². The van der Waals surface area contributed by atoms with E-state index < -0.39 is 72.5 Å². The first-order valence-electron chi connectivity index (χ1n) is 8.83. The van der Waals surface area contributed by atoms with E-state index in [0.29, 0.717) is 0 Å². The number of ether oxygens (including phenoxy) is 1. The predicted molar refractivity (Wildman–Crippen MR) is 102 cm³/mol. The molecule has 0 saturated carbocycles. The molecule has 0 aliphatic carbocycles. The second-order valence-corrected chi connectivity index (χ2v) is 11.2. The number of aliphatic hydroxyl groups excluding tert-OH is 2. The highest BCUT2D eigenvalue weighted by Gasteiger charge is 2.50. The lowest BCUT2D eigenvalue weighted by atomic mass is 10.0. The van der Waals surface area contributed by atoms with Gasteiger partial charge in [0.25, 0.3) is 0 Å². The molecule has 2 fully saturated rings. The van der Waals surface area contributed by atoms with Gasteiger partial charge in [-0.1, -0.05) is 6.08 Å². The van der Waals surface area contributed by atoms with Crippen LogP contribution in [0.3, 0.4) is 0 Å². The minimum absolute atomic E-state index is 0.146. The van der Waals surface area contributed by atoms with Crippen molar-refractivity contribution in [2.75, 3.05) is 13.2 Å². The van der Waals surface area contributed by atoms with Crippen LogP contribution in [-0.4, -0.2) is 84.3 Å². The molecule has 0 bridgehead atoms. The monoisotopic (exact) mass is 541 g/mol. The van der Waals surface area contributed by atoms with Gasteiger partial charge in [-0.05, 0) is 12.6 Å². The van der Waals surface area contributed by atoms with E-state index in [1.165, 1.54) is 12.3 Å². The minimum atomic E-state index is -5.75. The van der Waals surface area contributed by atoms with Crippen molar-refractivity contribution < 1.29 is 71.0 Å². The third-order valence-corrected chi connectivity index (χ3v) is 8.10. The lowest BCUT2D eigenvalue weighted by molar-refractivity contribution is -0.131. The van der Waals surface area contributed by atoms with Gasteiger partial charge in [0.2, 0.25) is 5.91 Å². The highest BCUT2D eigenvalue weighted by molar-refractivity contribution is 7.66.